The van der Waals surface area contributed by atoms with Gasteiger partial charge in [-0.25, -0.2) is 4.57 Å². The fourth-order valence-electron chi connectivity index (χ4n) is 1.59. The van der Waals surface area contributed by atoms with Gasteiger partial charge in [-0.1, -0.05) is 13.3 Å². The van der Waals surface area contributed by atoms with E-state index in [0.29, 0.717) is 6.42 Å². The molecule has 2 N–H and O–H groups in total. The van der Waals surface area contributed by atoms with E-state index < -0.39 is 20.0 Å². The molecule has 0 spiro atoms. The number of phosphoric acid groups is 1. The molecule has 0 aliphatic carbocycles. The predicted octanol–water partition coefficient (Wildman–Crippen LogP) is 0.824. The number of amides is 1. The lowest BCUT2D eigenvalue weighted by atomic mass is 10.1. The molecule has 0 aromatic heterocycles. The second kappa shape index (κ2) is 7.21. The zero-order valence-electron chi connectivity index (χ0n) is 10.6. The number of nitrogens with one attached hydrogen (secondary N) is 1. The number of aliphatic hydroxyl groups is 1. The molecule has 1 heterocycles. The number of carbonyl (C=O) groups is 1. The summed E-state index contributed by atoms with van der Waals surface area (Å²) in [5, 5.41) is 12.4. The van der Waals surface area contributed by atoms with Crippen LogP contribution >= 0.6 is 7.82 Å². The van der Waals surface area contributed by atoms with Gasteiger partial charge in [0, 0.05) is 6.92 Å². The van der Waals surface area contributed by atoms with E-state index in [1.807, 2.05) is 6.92 Å². The lowest BCUT2D eigenvalue weighted by Crippen LogP contribution is -2.45. The molecule has 1 amide bonds. The van der Waals surface area contributed by atoms with Crippen LogP contribution in [0, 0.1) is 0 Å². The van der Waals surface area contributed by atoms with E-state index in [0.717, 1.165) is 6.42 Å². The number of carbonyl (C=O) groups excluding carboxylic acids is 1. The Morgan fingerprint density at radius 1 is 1.50 bits per heavy atom. The van der Waals surface area contributed by atoms with Gasteiger partial charge in [0.05, 0.1) is 32.0 Å². The van der Waals surface area contributed by atoms with Crippen molar-refractivity contribution in [3.63, 3.8) is 0 Å². The first-order chi connectivity index (χ1) is 8.47. The Balaban J connectivity index is 2.49. The Hall–Kier alpha value is -0.460. The van der Waals surface area contributed by atoms with Gasteiger partial charge in [0.1, 0.15) is 0 Å². The van der Waals surface area contributed by atoms with Gasteiger partial charge < -0.3 is 10.4 Å². The molecule has 106 valence electrons. The van der Waals surface area contributed by atoms with Gasteiger partial charge in [-0.15, -0.1) is 0 Å². The first-order valence-electron chi connectivity index (χ1n) is 5.95. The maximum absolute atomic E-state index is 11.7. The van der Waals surface area contributed by atoms with E-state index in [1.165, 1.54) is 6.92 Å². The van der Waals surface area contributed by atoms with Crippen LogP contribution in [0.4, 0.5) is 0 Å². The zero-order valence-corrected chi connectivity index (χ0v) is 11.5. The third kappa shape index (κ3) is 5.04. The van der Waals surface area contributed by atoms with Crippen LogP contribution in [0.1, 0.15) is 26.7 Å². The van der Waals surface area contributed by atoms with Gasteiger partial charge in [-0.2, -0.15) is 0 Å². The number of hydrogen-bond donors (Lipinski definition) is 2. The topological polar surface area (TPSA) is 94.1 Å². The Labute approximate surface area is 106 Å². The minimum absolute atomic E-state index is 0.113. The highest BCUT2D eigenvalue weighted by Crippen LogP contribution is 2.52. The number of aliphatic hydroxyl groups excluding tert-OH is 1. The van der Waals surface area contributed by atoms with Crippen molar-refractivity contribution in [2.45, 2.75) is 38.8 Å². The van der Waals surface area contributed by atoms with Crippen molar-refractivity contribution < 1.29 is 28.0 Å². The van der Waals surface area contributed by atoms with Crippen molar-refractivity contribution in [2.24, 2.45) is 0 Å². The Morgan fingerprint density at radius 2 is 2.11 bits per heavy atom. The molecule has 1 fully saturated rings. The van der Waals surface area contributed by atoms with Crippen molar-refractivity contribution in [3.8, 4) is 0 Å². The first kappa shape index (κ1) is 15.6. The summed E-state index contributed by atoms with van der Waals surface area (Å²) in [5.41, 5.74) is 0. The summed E-state index contributed by atoms with van der Waals surface area (Å²) in [5.74, 6) is -0.287. The van der Waals surface area contributed by atoms with Crippen LogP contribution in [-0.2, 0) is 22.9 Å². The maximum Gasteiger partial charge on any atom is 0.475 e. The summed E-state index contributed by atoms with van der Waals surface area (Å²) in [6, 6.07) is -0.624. The molecule has 18 heavy (non-hydrogen) atoms. The molecule has 0 aromatic rings. The van der Waals surface area contributed by atoms with Crippen molar-refractivity contribution in [1.29, 1.82) is 0 Å². The summed E-state index contributed by atoms with van der Waals surface area (Å²) in [4.78, 5) is 11.0. The van der Waals surface area contributed by atoms with Crippen LogP contribution < -0.4 is 5.32 Å². The predicted molar refractivity (Wildman–Crippen MR) is 64.0 cm³/mol. The van der Waals surface area contributed by atoms with Gasteiger partial charge >= 0.3 is 7.82 Å². The van der Waals surface area contributed by atoms with Crippen molar-refractivity contribution in [3.05, 3.63) is 0 Å². The average Bonchev–Trinajstić information content (AvgIpc) is 2.72. The molecule has 2 atom stereocenters. The van der Waals surface area contributed by atoms with Crippen molar-refractivity contribution >= 4 is 13.7 Å². The summed E-state index contributed by atoms with van der Waals surface area (Å²) in [6.07, 6.45) is 0.524. The lowest BCUT2D eigenvalue weighted by Gasteiger charge is -2.23. The van der Waals surface area contributed by atoms with Gasteiger partial charge in [0.15, 0.2) is 0 Å². The van der Waals surface area contributed by atoms with Crippen LogP contribution in [0.25, 0.3) is 0 Å². The van der Waals surface area contributed by atoms with E-state index >= 15 is 0 Å². The fraction of sp³-hybridized carbons (Fsp3) is 0.900. The average molecular weight is 281 g/mol. The zero-order chi connectivity index (χ0) is 13.6. The molecule has 8 heteroatoms. The fourth-order valence-corrected chi connectivity index (χ4v) is 2.75. The molecule has 0 saturated carbocycles. The second-order valence-corrected chi connectivity index (χ2v) is 5.74. The molecule has 0 bridgehead atoms. The van der Waals surface area contributed by atoms with Crippen LogP contribution in [0.3, 0.4) is 0 Å². The van der Waals surface area contributed by atoms with E-state index in [4.69, 9.17) is 13.6 Å². The van der Waals surface area contributed by atoms with Gasteiger partial charge in [0.25, 0.3) is 0 Å². The first-order valence-corrected chi connectivity index (χ1v) is 7.41. The van der Waals surface area contributed by atoms with Gasteiger partial charge in [0.2, 0.25) is 5.91 Å². The van der Waals surface area contributed by atoms with Crippen LogP contribution in [-0.4, -0.2) is 43.0 Å². The Kier molecular flexibility index (Phi) is 6.25. The van der Waals surface area contributed by atoms with E-state index in [1.54, 1.807) is 0 Å². The standard InChI is InChI=1S/C10H20NO6P/c1-3-4-10(13)9(11-8(2)12)7-17-18(14)15-5-6-16-18/h9-10,13H,3-7H2,1-2H3,(H,11,12)/t9-,10+/m0/s1. The molecular formula is C10H20NO6P. The maximum atomic E-state index is 11.7. The van der Waals surface area contributed by atoms with Gasteiger partial charge in [-0.3, -0.25) is 18.4 Å². The molecule has 7 nitrogen and oxygen atoms in total. The van der Waals surface area contributed by atoms with Crippen LogP contribution in [0.15, 0.2) is 0 Å². The monoisotopic (exact) mass is 281 g/mol. The van der Waals surface area contributed by atoms with E-state index in [2.05, 4.69) is 5.32 Å². The smallest absolute Gasteiger partial charge is 0.391 e. The molecular weight excluding hydrogens is 261 g/mol. The SMILES string of the molecule is CCC[C@@H](O)[C@H](COP1(=O)OCCO1)NC(C)=O. The Morgan fingerprint density at radius 3 is 2.61 bits per heavy atom. The minimum Gasteiger partial charge on any atom is -0.391 e. The molecule has 0 radical (unpaired) electrons. The molecule has 1 saturated heterocycles. The highest BCUT2D eigenvalue weighted by Gasteiger charge is 2.34. The molecule has 1 rings (SSSR count). The molecule has 0 unspecified atom stereocenters. The van der Waals surface area contributed by atoms with E-state index in [9.17, 15) is 14.5 Å². The highest BCUT2D eigenvalue weighted by molar-refractivity contribution is 7.48. The summed E-state index contributed by atoms with van der Waals surface area (Å²) in [6.45, 7) is 3.59. The van der Waals surface area contributed by atoms with Crippen LogP contribution in [0.2, 0.25) is 0 Å². The van der Waals surface area contributed by atoms with E-state index in [-0.39, 0.29) is 25.7 Å². The van der Waals surface area contributed by atoms with Crippen LogP contribution in [0.5, 0.6) is 0 Å². The number of rotatable bonds is 7. The normalized spacial score (nSPS) is 21.5. The quantitative estimate of drug-likeness (QED) is 0.671. The van der Waals surface area contributed by atoms with Crippen molar-refractivity contribution in [2.75, 3.05) is 19.8 Å². The summed E-state index contributed by atoms with van der Waals surface area (Å²) in [7, 11) is -3.49. The minimum atomic E-state index is -3.49. The molecule has 1 aliphatic rings. The lowest BCUT2D eigenvalue weighted by molar-refractivity contribution is -0.121. The van der Waals surface area contributed by atoms with Gasteiger partial charge in [-0.05, 0) is 6.42 Å². The van der Waals surface area contributed by atoms with Crippen molar-refractivity contribution in [1.82, 2.24) is 5.32 Å². The third-order valence-electron chi connectivity index (χ3n) is 2.43. The number of hydrogen-bond acceptors (Lipinski definition) is 6. The highest BCUT2D eigenvalue weighted by atomic mass is 31.2. The summed E-state index contributed by atoms with van der Waals surface area (Å²) < 4.78 is 26.5. The summed E-state index contributed by atoms with van der Waals surface area (Å²) >= 11 is 0. The molecule has 1 aliphatic heterocycles. The second-order valence-electron chi connectivity index (χ2n) is 4.07. The Bertz CT molecular complexity index is 313. The molecule has 0 aromatic carbocycles. The third-order valence-corrected chi connectivity index (χ3v) is 3.89. The largest absolute Gasteiger partial charge is 0.475 e. The number of phosphoric ester groups is 1.